The van der Waals surface area contributed by atoms with Crippen LogP contribution in [0.3, 0.4) is 0 Å². The zero-order valence-corrected chi connectivity index (χ0v) is 9.14. The predicted molar refractivity (Wildman–Crippen MR) is 57.5 cm³/mol. The minimum atomic E-state index is -0.0223. The normalized spacial score (nSPS) is 21.4. The summed E-state index contributed by atoms with van der Waals surface area (Å²) < 4.78 is 5.21. The Bertz CT molecular complexity index is 435. The molecule has 0 bridgehead atoms. The number of anilines is 1. The van der Waals surface area contributed by atoms with Crippen LogP contribution in [-0.4, -0.2) is 42.1 Å². The number of carbonyl (C=O) groups excluding carboxylic acids is 1. The zero-order valence-electron chi connectivity index (χ0n) is 9.14. The van der Waals surface area contributed by atoms with Gasteiger partial charge < -0.3 is 9.64 Å². The third-order valence-corrected chi connectivity index (χ3v) is 3.21. The van der Waals surface area contributed by atoms with Gasteiger partial charge in [0, 0.05) is 26.1 Å². The van der Waals surface area contributed by atoms with Gasteiger partial charge in [-0.2, -0.15) is 0 Å². The van der Waals surface area contributed by atoms with E-state index in [1.54, 1.807) is 6.07 Å². The first kappa shape index (κ1) is 9.72. The van der Waals surface area contributed by atoms with Gasteiger partial charge in [0.1, 0.15) is 17.8 Å². The molecule has 0 unspecified atom stereocenters. The van der Waals surface area contributed by atoms with E-state index in [4.69, 9.17) is 4.74 Å². The van der Waals surface area contributed by atoms with E-state index >= 15 is 0 Å². The monoisotopic (exact) mass is 219 g/mol. The highest BCUT2D eigenvalue weighted by atomic mass is 16.5. The lowest BCUT2D eigenvalue weighted by atomic mass is 9.78. The van der Waals surface area contributed by atoms with E-state index in [-0.39, 0.29) is 5.78 Å². The van der Waals surface area contributed by atoms with Gasteiger partial charge in [-0.3, -0.25) is 4.79 Å². The second kappa shape index (κ2) is 3.25. The molecule has 0 amide bonds. The average Bonchev–Trinajstić information content (AvgIpc) is 2.14. The summed E-state index contributed by atoms with van der Waals surface area (Å²) >= 11 is 0. The van der Waals surface area contributed by atoms with Crippen LogP contribution in [0.2, 0.25) is 0 Å². The van der Waals surface area contributed by atoms with Crippen LogP contribution < -0.4 is 4.90 Å². The molecule has 2 aliphatic rings. The summed E-state index contributed by atoms with van der Waals surface area (Å²) in [5.74, 6) is 0.823. The van der Waals surface area contributed by atoms with Crippen molar-refractivity contribution in [1.29, 1.82) is 0 Å². The van der Waals surface area contributed by atoms with Crippen molar-refractivity contribution < 1.29 is 9.53 Å². The van der Waals surface area contributed by atoms with Crippen LogP contribution in [0.4, 0.5) is 5.82 Å². The van der Waals surface area contributed by atoms with Crippen molar-refractivity contribution in [2.45, 2.75) is 6.92 Å². The number of hydrogen-bond donors (Lipinski definition) is 0. The van der Waals surface area contributed by atoms with Gasteiger partial charge in [0.25, 0.3) is 0 Å². The van der Waals surface area contributed by atoms with Crippen molar-refractivity contribution in [1.82, 2.24) is 9.97 Å². The Labute approximate surface area is 93.4 Å². The van der Waals surface area contributed by atoms with Crippen LogP contribution in [0, 0.1) is 5.41 Å². The first-order valence-electron chi connectivity index (χ1n) is 5.34. The number of hydrogen-bond acceptors (Lipinski definition) is 5. The molecule has 0 atom stereocenters. The lowest BCUT2D eigenvalue weighted by Gasteiger charge is -2.55. The summed E-state index contributed by atoms with van der Waals surface area (Å²) in [6.07, 6.45) is 1.45. The summed E-state index contributed by atoms with van der Waals surface area (Å²) in [4.78, 5) is 21.5. The van der Waals surface area contributed by atoms with Crippen LogP contribution in [0.25, 0.3) is 0 Å². The highest BCUT2D eigenvalue weighted by molar-refractivity contribution is 5.92. The number of aromatic nitrogens is 2. The van der Waals surface area contributed by atoms with Crippen LogP contribution >= 0.6 is 0 Å². The molecular formula is C11H13N3O2. The molecule has 2 fully saturated rings. The maximum Gasteiger partial charge on any atom is 0.178 e. The minimum absolute atomic E-state index is 0.0223. The Morgan fingerprint density at radius 3 is 2.75 bits per heavy atom. The molecular weight excluding hydrogens is 206 g/mol. The fraction of sp³-hybridized carbons (Fsp3) is 0.545. The maximum absolute atomic E-state index is 11.2. The van der Waals surface area contributed by atoms with Gasteiger partial charge in [-0.1, -0.05) is 0 Å². The number of ketones is 1. The van der Waals surface area contributed by atoms with Crippen LogP contribution in [0.1, 0.15) is 17.4 Å². The Balaban J connectivity index is 1.75. The fourth-order valence-corrected chi connectivity index (χ4v) is 2.21. The van der Waals surface area contributed by atoms with Gasteiger partial charge in [0.05, 0.1) is 18.6 Å². The quantitative estimate of drug-likeness (QED) is 0.678. The van der Waals surface area contributed by atoms with Crippen molar-refractivity contribution in [2.75, 3.05) is 31.2 Å². The Hall–Kier alpha value is -1.49. The third kappa shape index (κ3) is 1.39. The Kier molecular flexibility index (Phi) is 1.97. The lowest BCUT2D eigenvalue weighted by Crippen LogP contribution is -2.66. The van der Waals surface area contributed by atoms with Crippen LogP contribution in [-0.2, 0) is 4.74 Å². The van der Waals surface area contributed by atoms with Crippen molar-refractivity contribution in [3.63, 3.8) is 0 Å². The summed E-state index contributed by atoms with van der Waals surface area (Å²) in [7, 11) is 0. The van der Waals surface area contributed by atoms with Gasteiger partial charge in [-0.05, 0) is 0 Å². The van der Waals surface area contributed by atoms with Crippen molar-refractivity contribution in [2.24, 2.45) is 5.41 Å². The van der Waals surface area contributed by atoms with E-state index in [0.29, 0.717) is 11.1 Å². The molecule has 5 nitrogen and oxygen atoms in total. The molecule has 0 N–H and O–H groups in total. The average molecular weight is 219 g/mol. The summed E-state index contributed by atoms with van der Waals surface area (Å²) in [6.45, 7) is 5.18. The van der Waals surface area contributed by atoms with Crippen molar-refractivity contribution in [3.05, 3.63) is 18.1 Å². The first-order valence-corrected chi connectivity index (χ1v) is 5.34. The van der Waals surface area contributed by atoms with Gasteiger partial charge in [0.2, 0.25) is 0 Å². The first-order chi connectivity index (χ1) is 7.69. The molecule has 1 spiro atoms. The van der Waals surface area contributed by atoms with E-state index in [0.717, 1.165) is 32.1 Å². The fourth-order valence-electron chi connectivity index (χ4n) is 2.21. The number of carbonyl (C=O) groups is 1. The summed E-state index contributed by atoms with van der Waals surface area (Å²) in [6, 6.07) is 1.76. The van der Waals surface area contributed by atoms with Gasteiger partial charge in [-0.15, -0.1) is 0 Å². The molecule has 0 aromatic carbocycles. The lowest BCUT2D eigenvalue weighted by molar-refractivity contribution is -0.127. The molecule has 1 aromatic heterocycles. The van der Waals surface area contributed by atoms with Crippen LogP contribution in [0.15, 0.2) is 12.4 Å². The third-order valence-electron chi connectivity index (χ3n) is 3.21. The molecule has 2 aliphatic heterocycles. The number of nitrogens with zero attached hydrogens (tertiary/aromatic N) is 3. The van der Waals surface area contributed by atoms with Gasteiger partial charge in [0.15, 0.2) is 5.78 Å². The largest absolute Gasteiger partial charge is 0.380 e. The van der Waals surface area contributed by atoms with Crippen LogP contribution in [0.5, 0.6) is 0 Å². The highest BCUT2D eigenvalue weighted by Gasteiger charge is 2.49. The van der Waals surface area contributed by atoms with E-state index < -0.39 is 0 Å². The van der Waals surface area contributed by atoms with Gasteiger partial charge in [-0.25, -0.2) is 9.97 Å². The number of ether oxygens (including phenoxy) is 1. The van der Waals surface area contributed by atoms with E-state index in [1.165, 1.54) is 13.3 Å². The number of rotatable bonds is 2. The highest BCUT2D eigenvalue weighted by Crippen LogP contribution is 2.39. The molecule has 3 heterocycles. The SMILES string of the molecule is CC(=O)c1cc(N2CC3(COC3)C2)ncn1. The second-order valence-corrected chi connectivity index (χ2v) is 4.67. The standard InChI is InChI=1S/C11H13N3O2/c1-8(15)9-2-10(13-7-12-9)14-3-11(4-14)5-16-6-11/h2,7H,3-6H2,1H3. The summed E-state index contributed by atoms with van der Waals surface area (Å²) in [5.41, 5.74) is 0.845. The summed E-state index contributed by atoms with van der Waals surface area (Å²) in [5, 5.41) is 0. The smallest absolute Gasteiger partial charge is 0.178 e. The molecule has 16 heavy (non-hydrogen) atoms. The molecule has 0 saturated carbocycles. The van der Waals surface area contributed by atoms with E-state index in [2.05, 4.69) is 14.9 Å². The van der Waals surface area contributed by atoms with E-state index in [1.807, 2.05) is 0 Å². The maximum atomic E-state index is 11.2. The topological polar surface area (TPSA) is 55.3 Å². The Morgan fingerprint density at radius 1 is 1.44 bits per heavy atom. The molecule has 0 radical (unpaired) electrons. The molecule has 5 heteroatoms. The molecule has 2 saturated heterocycles. The van der Waals surface area contributed by atoms with Crippen molar-refractivity contribution in [3.8, 4) is 0 Å². The van der Waals surface area contributed by atoms with Crippen molar-refractivity contribution >= 4 is 11.6 Å². The second-order valence-electron chi connectivity index (χ2n) is 4.67. The van der Waals surface area contributed by atoms with Gasteiger partial charge >= 0.3 is 0 Å². The molecule has 1 aromatic rings. The molecule has 0 aliphatic carbocycles. The predicted octanol–water partition coefficient (Wildman–Crippen LogP) is 0.516. The number of Topliss-reactive ketones (excluding diaryl/α,β-unsaturated/α-hetero) is 1. The van der Waals surface area contributed by atoms with E-state index in [9.17, 15) is 4.79 Å². The molecule has 84 valence electrons. The molecule has 3 rings (SSSR count). The zero-order chi connectivity index (χ0) is 11.2. The minimum Gasteiger partial charge on any atom is -0.380 e. The Morgan fingerprint density at radius 2 is 2.19 bits per heavy atom.